The first-order valence-corrected chi connectivity index (χ1v) is 7.32. The minimum atomic E-state index is -0.660. The Morgan fingerprint density at radius 1 is 1.14 bits per heavy atom. The van der Waals surface area contributed by atoms with Crippen molar-refractivity contribution in [2.75, 3.05) is 14.2 Å². The Balaban J connectivity index is 2.47. The molecule has 0 amide bonds. The lowest BCUT2D eigenvalue weighted by atomic mass is 9.78. The highest BCUT2D eigenvalue weighted by molar-refractivity contribution is 6.65. The number of hydrogen-bond acceptors (Lipinski definition) is 5. The Hall–Kier alpha value is -1.24. The van der Waals surface area contributed by atoms with Gasteiger partial charge < -0.3 is 18.8 Å². The van der Waals surface area contributed by atoms with Crippen molar-refractivity contribution in [1.29, 1.82) is 0 Å². The van der Waals surface area contributed by atoms with Crippen LogP contribution in [0.25, 0.3) is 0 Å². The molecule has 1 heterocycles. The van der Waals surface area contributed by atoms with Crippen LogP contribution < -0.4 is 10.2 Å². The quantitative estimate of drug-likeness (QED) is 0.631. The van der Waals surface area contributed by atoms with Crippen LogP contribution in [0.4, 0.5) is 0 Å². The third kappa shape index (κ3) is 2.83. The summed E-state index contributed by atoms with van der Waals surface area (Å²) in [6.45, 7) is 7.80. The Morgan fingerprint density at radius 3 is 2.14 bits per heavy atom. The van der Waals surface area contributed by atoms with Crippen molar-refractivity contribution in [1.82, 2.24) is 0 Å². The number of hydrogen-bond donors (Lipinski definition) is 0. The predicted molar refractivity (Wildman–Crippen MR) is 85.1 cm³/mol. The summed E-state index contributed by atoms with van der Waals surface area (Å²) in [6.07, 6.45) is 0. The van der Waals surface area contributed by atoms with Crippen molar-refractivity contribution < 1.29 is 23.6 Å². The molecule has 0 aromatic heterocycles. The molecular formula is C15H20BClO5. The number of esters is 1. The van der Waals surface area contributed by atoms with E-state index in [0.29, 0.717) is 16.2 Å². The summed E-state index contributed by atoms with van der Waals surface area (Å²) in [5.41, 5.74) is -0.140. The fraction of sp³-hybridized carbons (Fsp3) is 0.533. The van der Waals surface area contributed by atoms with Gasteiger partial charge in [-0.2, -0.15) is 0 Å². The van der Waals surface area contributed by atoms with Crippen LogP contribution in [0.1, 0.15) is 38.1 Å². The van der Waals surface area contributed by atoms with E-state index in [4.69, 9.17) is 30.4 Å². The summed E-state index contributed by atoms with van der Waals surface area (Å²) in [6, 6.07) is 3.16. The first-order chi connectivity index (χ1) is 10.1. The van der Waals surface area contributed by atoms with Gasteiger partial charge in [0.15, 0.2) is 0 Å². The average Bonchev–Trinajstić information content (AvgIpc) is 2.65. The standard InChI is InChI=1S/C15H20BClO5/c1-14(2)15(3,4)22-16(21-14)10-7-9(13(18)20-6)12(19-5)8-11(10)17/h7-8H,1-6H3. The molecule has 1 aromatic rings. The van der Waals surface area contributed by atoms with E-state index in [1.54, 1.807) is 12.1 Å². The molecule has 0 unspecified atom stereocenters. The summed E-state index contributed by atoms with van der Waals surface area (Å²) >= 11 is 6.30. The largest absolute Gasteiger partial charge is 0.496 e. The summed E-state index contributed by atoms with van der Waals surface area (Å²) in [5.74, 6) is -0.164. The number of ether oxygens (including phenoxy) is 2. The van der Waals surface area contributed by atoms with Gasteiger partial charge in [0.1, 0.15) is 11.3 Å². The van der Waals surface area contributed by atoms with Crippen LogP contribution in [0, 0.1) is 0 Å². The van der Waals surface area contributed by atoms with Crippen molar-refractivity contribution in [3.8, 4) is 5.75 Å². The smallest absolute Gasteiger partial charge is 0.496 e. The van der Waals surface area contributed by atoms with Crippen LogP contribution >= 0.6 is 11.6 Å². The lowest BCUT2D eigenvalue weighted by Crippen LogP contribution is -2.41. The van der Waals surface area contributed by atoms with Crippen LogP contribution in [0.5, 0.6) is 5.75 Å². The molecule has 22 heavy (non-hydrogen) atoms. The molecule has 0 atom stereocenters. The van der Waals surface area contributed by atoms with Crippen LogP contribution in [-0.4, -0.2) is 38.5 Å². The molecule has 0 bridgehead atoms. The fourth-order valence-electron chi connectivity index (χ4n) is 2.16. The second kappa shape index (κ2) is 5.76. The second-order valence-electron chi connectivity index (χ2n) is 6.15. The average molecular weight is 327 g/mol. The maximum atomic E-state index is 11.9. The maximum absolute atomic E-state index is 11.9. The molecule has 120 valence electrons. The van der Waals surface area contributed by atoms with Gasteiger partial charge in [-0.3, -0.25) is 0 Å². The van der Waals surface area contributed by atoms with Crippen LogP contribution in [0.2, 0.25) is 5.02 Å². The fourth-order valence-corrected chi connectivity index (χ4v) is 2.40. The molecule has 0 N–H and O–H groups in total. The minimum absolute atomic E-state index is 0.277. The highest BCUT2D eigenvalue weighted by atomic mass is 35.5. The number of benzene rings is 1. The van der Waals surface area contributed by atoms with Gasteiger partial charge >= 0.3 is 13.1 Å². The highest BCUT2D eigenvalue weighted by Gasteiger charge is 2.52. The molecule has 1 aromatic carbocycles. The zero-order chi connectivity index (χ0) is 16.7. The summed E-state index contributed by atoms with van der Waals surface area (Å²) in [4.78, 5) is 11.9. The van der Waals surface area contributed by atoms with E-state index < -0.39 is 24.3 Å². The van der Waals surface area contributed by atoms with Gasteiger partial charge in [0, 0.05) is 10.5 Å². The van der Waals surface area contributed by atoms with E-state index in [1.165, 1.54) is 14.2 Å². The highest BCUT2D eigenvalue weighted by Crippen LogP contribution is 2.37. The minimum Gasteiger partial charge on any atom is -0.496 e. The van der Waals surface area contributed by atoms with Gasteiger partial charge in [0.25, 0.3) is 0 Å². The van der Waals surface area contributed by atoms with E-state index in [1.807, 2.05) is 27.7 Å². The van der Waals surface area contributed by atoms with Crippen molar-refractivity contribution in [3.63, 3.8) is 0 Å². The lowest BCUT2D eigenvalue weighted by Gasteiger charge is -2.32. The Kier molecular flexibility index (Phi) is 4.48. The maximum Gasteiger partial charge on any atom is 0.496 e. The SMILES string of the molecule is COC(=O)c1cc(B2OC(C)(C)C(C)(C)O2)c(Cl)cc1OC. The Labute approximate surface area is 136 Å². The predicted octanol–water partition coefficient (Wildman–Crippen LogP) is 2.43. The van der Waals surface area contributed by atoms with E-state index in [9.17, 15) is 4.79 Å². The van der Waals surface area contributed by atoms with Gasteiger partial charge in [0.2, 0.25) is 0 Å². The van der Waals surface area contributed by atoms with Crippen molar-refractivity contribution in [3.05, 3.63) is 22.7 Å². The molecule has 0 aliphatic carbocycles. The number of halogens is 1. The summed E-state index contributed by atoms with van der Waals surface area (Å²) < 4.78 is 21.9. The monoisotopic (exact) mass is 326 g/mol. The normalized spacial score (nSPS) is 19.1. The molecule has 5 nitrogen and oxygen atoms in total. The first kappa shape index (κ1) is 17.1. The van der Waals surface area contributed by atoms with E-state index in [-0.39, 0.29) is 5.56 Å². The number of rotatable bonds is 3. The van der Waals surface area contributed by atoms with E-state index in [2.05, 4.69) is 0 Å². The molecule has 1 aliphatic heterocycles. The third-order valence-electron chi connectivity index (χ3n) is 4.23. The zero-order valence-corrected chi connectivity index (χ0v) is 14.4. The number of carbonyl (C=O) groups is 1. The molecule has 2 rings (SSSR count). The molecule has 1 aliphatic rings. The summed E-state index contributed by atoms with van der Waals surface area (Å²) in [7, 11) is 2.11. The summed E-state index contributed by atoms with van der Waals surface area (Å²) in [5, 5.41) is 0.406. The topological polar surface area (TPSA) is 54.0 Å². The molecule has 1 fully saturated rings. The lowest BCUT2D eigenvalue weighted by molar-refractivity contribution is 0.00578. The molecule has 0 radical (unpaired) electrons. The van der Waals surface area contributed by atoms with Crippen LogP contribution in [-0.2, 0) is 14.0 Å². The molecule has 1 saturated heterocycles. The van der Waals surface area contributed by atoms with Gasteiger partial charge in [-0.05, 0) is 39.8 Å². The van der Waals surface area contributed by atoms with Gasteiger partial charge in [-0.25, -0.2) is 4.79 Å². The number of methoxy groups -OCH3 is 2. The Morgan fingerprint density at radius 2 is 1.68 bits per heavy atom. The molecule has 0 spiro atoms. The molecule has 7 heteroatoms. The first-order valence-electron chi connectivity index (χ1n) is 6.94. The van der Waals surface area contributed by atoms with Crippen LogP contribution in [0.15, 0.2) is 12.1 Å². The number of carbonyl (C=O) groups excluding carboxylic acids is 1. The third-order valence-corrected chi connectivity index (χ3v) is 4.56. The van der Waals surface area contributed by atoms with Gasteiger partial charge in [-0.1, -0.05) is 11.6 Å². The molecule has 0 saturated carbocycles. The van der Waals surface area contributed by atoms with E-state index in [0.717, 1.165) is 0 Å². The Bertz CT molecular complexity index is 584. The second-order valence-corrected chi connectivity index (χ2v) is 6.56. The van der Waals surface area contributed by atoms with Crippen molar-refractivity contribution in [2.24, 2.45) is 0 Å². The molecular weight excluding hydrogens is 306 g/mol. The van der Waals surface area contributed by atoms with Gasteiger partial charge in [0.05, 0.1) is 25.4 Å². The van der Waals surface area contributed by atoms with Crippen molar-refractivity contribution >= 4 is 30.2 Å². The van der Waals surface area contributed by atoms with Crippen molar-refractivity contribution in [2.45, 2.75) is 38.9 Å². The van der Waals surface area contributed by atoms with E-state index >= 15 is 0 Å². The van der Waals surface area contributed by atoms with Crippen LogP contribution in [0.3, 0.4) is 0 Å². The zero-order valence-electron chi connectivity index (χ0n) is 13.7. The van der Waals surface area contributed by atoms with Gasteiger partial charge in [-0.15, -0.1) is 0 Å².